The summed E-state index contributed by atoms with van der Waals surface area (Å²) in [5.41, 5.74) is 7.80. The highest BCUT2D eigenvalue weighted by molar-refractivity contribution is 7.95. The number of aliphatic carboxylic acids is 1. The Balaban J connectivity index is 2.26. The molecule has 3 aromatic rings. The number of unbranched alkanes of at least 4 members (excludes halogenated alkanes) is 2. The third kappa shape index (κ3) is 6.12. The molecule has 2 nitrogen and oxygen atoms in total. The largest absolute Gasteiger partial charge is 0.481 e. The lowest BCUT2D eigenvalue weighted by atomic mass is 10.1. The second kappa shape index (κ2) is 10.7. The van der Waals surface area contributed by atoms with E-state index in [2.05, 4.69) is 96.1 Å². The molecule has 1 N–H and O–H groups in total. The molecule has 174 valence electrons. The van der Waals surface area contributed by atoms with E-state index in [1.807, 2.05) is 0 Å². The minimum Gasteiger partial charge on any atom is -0.481 e. The summed E-state index contributed by atoms with van der Waals surface area (Å²) >= 11 is 0. The second-order valence-corrected chi connectivity index (χ2v) is 13.4. The van der Waals surface area contributed by atoms with Gasteiger partial charge in [0.25, 0.3) is 0 Å². The van der Waals surface area contributed by atoms with Crippen molar-refractivity contribution >= 4 is 29.1 Å². The maximum Gasteiger partial charge on any atom is 0.303 e. The Morgan fingerprint density at radius 3 is 1.21 bits per heavy atom. The first kappa shape index (κ1) is 25.2. The predicted octanol–water partition coefficient (Wildman–Crippen LogP) is 6.48. The summed E-state index contributed by atoms with van der Waals surface area (Å²) in [6, 6.07) is 21.2. The third-order valence-electron chi connectivity index (χ3n) is 6.33. The minimum absolute atomic E-state index is 0.252. The fourth-order valence-corrected chi connectivity index (χ4v) is 10.1. The average Bonchev–Trinajstić information content (AvgIpc) is 2.68. The third-order valence-corrected chi connectivity index (χ3v) is 10.7. The van der Waals surface area contributed by atoms with Crippen LogP contribution in [-0.2, 0) is 4.79 Å². The smallest absolute Gasteiger partial charge is 0.303 e. The van der Waals surface area contributed by atoms with Gasteiger partial charge in [-0.3, -0.25) is 4.79 Å². The molecule has 0 aromatic heterocycles. The summed E-state index contributed by atoms with van der Waals surface area (Å²) in [7, 11) is -1.93. The number of carboxylic acids is 1. The van der Waals surface area contributed by atoms with Crippen molar-refractivity contribution in [3.8, 4) is 0 Å². The van der Waals surface area contributed by atoms with E-state index in [0.29, 0.717) is 0 Å². The van der Waals surface area contributed by atoms with Gasteiger partial charge in [0.15, 0.2) is 0 Å². The number of carbonyl (C=O) groups is 1. The maximum atomic E-state index is 11.1. The van der Waals surface area contributed by atoms with Crippen LogP contribution in [0.15, 0.2) is 54.6 Å². The van der Waals surface area contributed by atoms with Gasteiger partial charge >= 0.3 is 5.97 Å². The molecule has 33 heavy (non-hydrogen) atoms. The van der Waals surface area contributed by atoms with Crippen LogP contribution >= 0.6 is 7.26 Å². The molecule has 3 aromatic carbocycles. The molecule has 0 heterocycles. The normalized spacial score (nSPS) is 11.6. The van der Waals surface area contributed by atoms with E-state index in [9.17, 15) is 4.79 Å². The zero-order chi connectivity index (χ0) is 24.2. The Labute approximate surface area is 200 Å². The monoisotopic (exact) mass is 461 g/mol. The molecule has 0 amide bonds. The van der Waals surface area contributed by atoms with E-state index < -0.39 is 13.2 Å². The summed E-state index contributed by atoms with van der Waals surface area (Å²) < 4.78 is 0. The lowest BCUT2D eigenvalue weighted by molar-refractivity contribution is -0.137. The number of aryl methyl sites for hydroxylation is 6. The highest BCUT2D eigenvalue weighted by atomic mass is 31.2. The number of hydrogen-bond donors (Lipinski definition) is 1. The molecule has 0 saturated carbocycles. The van der Waals surface area contributed by atoms with Crippen molar-refractivity contribution in [2.75, 3.05) is 6.16 Å². The molecule has 0 atom stereocenters. The van der Waals surface area contributed by atoms with Gasteiger partial charge in [0.2, 0.25) is 0 Å². The molecule has 3 rings (SSSR count). The molecule has 0 aliphatic carbocycles. The van der Waals surface area contributed by atoms with Crippen LogP contribution in [0.2, 0.25) is 0 Å². The number of carboxylic acid groups (broad SMARTS) is 1. The van der Waals surface area contributed by atoms with Gasteiger partial charge in [0.1, 0.15) is 23.2 Å². The van der Waals surface area contributed by atoms with Gasteiger partial charge < -0.3 is 5.11 Å². The van der Waals surface area contributed by atoms with Crippen LogP contribution in [0.1, 0.15) is 59.1 Å². The van der Waals surface area contributed by atoms with Crippen LogP contribution in [0.3, 0.4) is 0 Å². The van der Waals surface area contributed by atoms with Crippen LogP contribution in [0.5, 0.6) is 0 Å². The first-order chi connectivity index (χ1) is 15.6. The van der Waals surface area contributed by atoms with Crippen molar-refractivity contribution in [3.05, 3.63) is 88.0 Å². The van der Waals surface area contributed by atoms with E-state index in [1.54, 1.807) is 0 Å². The lowest BCUT2D eigenvalue weighted by Gasteiger charge is -2.29. The van der Waals surface area contributed by atoms with Crippen molar-refractivity contribution in [2.24, 2.45) is 0 Å². The first-order valence-electron chi connectivity index (χ1n) is 12.0. The predicted molar refractivity (Wildman–Crippen MR) is 145 cm³/mol. The molecule has 0 radical (unpaired) electrons. The highest BCUT2D eigenvalue weighted by Gasteiger charge is 2.45. The zero-order valence-corrected chi connectivity index (χ0v) is 21.9. The summed E-state index contributed by atoms with van der Waals surface area (Å²) in [5.74, 6) is -0.700. The van der Waals surface area contributed by atoms with E-state index in [4.69, 9.17) is 5.11 Å². The SMILES string of the molecule is Cc1cc(C)cc([P+](CCCCCC(=O)O)(c2cc(C)cc(C)c2)c2cc(C)cc(C)c2)c1. The fourth-order valence-electron chi connectivity index (χ4n) is 5.15. The molecule has 3 heteroatoms. The van der Waals surface area contributed by atoms with Crippen LogP contribution < -0.4 is 15.9 Å². The van der Waals surface area contributed by atoms with Crippen molar-refractivity contribution < 1.29 is 9.90 Å². The van der Waals surface area contributed by atoms with E-state index >= 15 is 0 Å². The fraction of sp³-hybridized carbons (Fsp3) is 0.367. The summed E-state index contributed by atoms with van der Waals surface area (Å²) in [6.07, 6.45) is 4.01. The van der Waals surface area contributed by atoms with Crippen LogP contribution in [0.4, 0.5) is 0 Å². The number of benzene rings is 3. The van der Waals surface area contributed by atoms with Crippen molar-refractivity contribution in [1.29, 1.82) is 0 Å². The number of rotatable bonds is 9. The average molecular weight is 462 g/mol. The van der Waals surface area contributed by atoms with E-state index in [-0.39, 0.29) is 6.42 Å². The minimum atomic E-state index is -1.93. The quantitative estimate of drug-likeness (QED) is 0.293. The Hall–Kier alpha value is -2.44. The van der Waals surface area contributed by atoms with Crippen molar-refractivity contribution in [2.45, 2.75) is 67.2 Å². The molecule has 0 fully saturated rings. The van der Waals surface area contributed by atoms with Crippen molar-refractivity contribution in [1.82, 2.24) is 0 Å². The van der Waals surface area contributed by atoms with Crippen LogP contribution in [0.25, 0.3) is 0 Å². The topological polar surface area (TPSA) is 37.3 Å². The van der Waals surface area contributed by atoms with Gasteiger partial charge in [-0.2, -0.15) is 0 Å². The maximum absolute atomic E-state index is 11.1. The molecule has 0 aliphatic rings. The highest BCUT2D eigenvalue weighted by Crippen LogP contribution is 2.56. The van der Waals surface area contributed by atoms with Gasteiger partial charge in [0.05, 0.1) is 6.16 Å². The Bertz CT molecular complexity index is 960. The molecular formula is C30H38O2P+. The molecule has 0 saturated heterocycles. The van der Waals surface area contributed by atoms with Gasteiger partial charge in [-0.15, -0.1) is 0 Å². The van der Waals surface area contributed by atoms with Crippen molar-refractivity contribution in [3.63, 3.8) is 0 Å². The van der Waals surface area contributed by atoms with Crippen LogP contribution in [0, 0.1) is 41.5 Å². The van der Waals surface area contributed by atoms with Gasteiger partial charge in [-0.05, 0) is 131 Å². The second-order valence-electron chi connectivity index (χ2n) is 9.78. The van der Waals surface area contributed by atoms with E-state index in [1.165, 1.54) is 49.3 Å². The summed E-state index contributed by atoms with van der Waals surface area (Å²) in [4.78, 5) is 11.1. The Morgan fingerprint density at radius 1 is 0.576 bits per heavy atom. The van der Waals surface area contributed by atoms with E-state index in [0.717, 1.165) is 25.4 Å². The Morgan fingerprint density at radius 2 is 0.909 bits per heavy atom. The number of hydrogen-bond acceptors (Lipinski definition) is 1. The summed E-state index contributed by atoms with van der Waals surface area (Å²) in [6.45, 7) is 13.2. The van der Waals surface area contributed by atoms with Gasteiger partial charge in [-0.1, -0.05) is 18.2 Å². The lowest BCUT2D eigenvalue weighted by Crippen LogP contribution is -2.34. The molecular weight excluding hydrogens is 423 g/mol. The standard InChI is InChI=1S/C30H37O2P/c1-21-12-22(2)16-27(15-21)33(11-9-7-8-10-30(31)32,28-17-23(3)13-24(4)18-28)29-19-25(5)14-26(6)20-29/h12-20H,7-11H2,1-6H3/p+1. The van der Waals surface area contributed by atoms with Gasteiger partial charge in [-0.25, -0.2) is 0 Å². The Kier molecular flexibility index (Phi) is 8.14. The zero-order valence-electron chi connectivity index (χ0n) is 21.0. The molecule has 0 unspecified atom stereocenters. The first-order valence-corrected chi connectivity index (χ1v) is 13.9. The molecule has 0 aliphatic heterocycles. The van der Waals surface area contributed by atoms with Crippen LogP contribution in [-0.4, -0.2) is 17.2 Å². The molecule has 0 spiro atoms. The molecule has 0 bridgehead atoms. The van der Waals surface area contributed by atoms with Gasteiger partial charge in [0, 0.05) is 6.42 Å². The summed E-state index contributed by atoms with van der Waals surface area (Å²) in [5, 5.41) is 13.4.